The molecule has 1 aromatic rings. The fourth-order valence-electron chi connectivity index (χ4n) is 3.92. The molecule has 0 spiro atoms. The van der Waals surface area contributed by atoms with Crippen LogP contribution in [0.25, 0.3) is 0 Å². The average molecular weight is 330 g/mol. The molecule has 1 aliphatic heterocycles. The van der Waals surface area contributed by atoms with Crippen LogP contribution in [0.3, 0.4) is 0 Å². The van der Waals surface area contributed by atoms with Gasteiger partial charge in [-0.15, -0.1) is 0 Å². The Morgan fingerprint density at radius 3 is 2.50 bits per heavy atom. The van der Waals surface area contributed by atoms with Crippen LogP contribution in [0.5, 0.6) is 0 Å². The highest BCUT2D eigenvalue weighted by atomic mass is 16.5. The molecule has 1 aliphatic carbocycles. The molecule has 2 fully saturated rings. The zero-order chi connectivity index (χ0) is 16.6. The molecule has 4 nitrogen and oxygen atoms in total. The van der Waals surface area contributed by atoms with E-state index in [2.05, 4.69) is 10.2 Å². The zero-order valence-electron chi connectivity index (χ0n) is 14.6. The van der Waals surface area contributed by atoms with Gasteiger partial charge in [0.1, 0.15) is 6.61 Å². The first-order valence-corrected chi connectivity index (χ1v) is 9.43. The van der Waals surface area contributed by atoms with E-state index < -0.39 is 0 Å². The van der Waals surface area contributed by atoms with Gasteiger partial charge in [0, 0.05) is 25.7 Å². The van der Waals surface area contributed by atoms with Gasteiger partial charge in [0.25, 0.3) is 0 Å². The summed E-state index contributed by atoms with van der Waals surface area (Å²) in [4.78, 5) is 14.6. The minimum atomic E-state index is 0.0141. The molecular weight excluding hydrogens is 300 g/mol. The van der Waals surface area contributed by atoms with Gasteiger partial charge in [-0.05, 0) is 37.2 Å². The van der Waals surface area contributed by atoms with E-state index in [1.165, 1.54) is 32.2 Å². The monoisotopic (exact) mass is 330 g/mol. The molecule has 3 rings (SSSR count). The van der Waals surface area contributed by atoms with Crippen molar-refractivity contribution < 1.29 is 9.53 Å². The Bertz CT molecular complexity index is 492. The van der Waals surface area contributed by atoms with Gasteiger partial charge < -0.3 is 15.0 Å². The Morgan fingerprint density at radius 1 is 1.08 bits per heavy atom. The van der Waals surface area contributed by atoms with Crippen molar-refractivity contribution in [2.24, 2.45) is 5.92 Å². The van der Waals surface area contributed by atoms with Crippen molar-refractivity contribution in [2.45, 2.75) is 51.2 Å². The first-order valence-electron chi connectivity index (χ1n) is 9.43. The number of carbonyl (C=O) groups is 1. The van der Waals surface area contributed by atoms with Crippen molar-refractivity contribution in [1.29, 1.82) is 0 Å². The lowest BCUT2D eigenvalue weighted by atomic mass is 10.0. The maximum absolute atomic E-state index is 12.0. The summed E-state index contributed by atoms with van der Waals surface area (Å²) in [7, 11) is 0. The molecule has 1 aromatic carbocycles. The van der Waals surface area contributed by atoms with Crippen LogP contribution in [0, 0.1) is 5.92 Å². The van der Waals surface area contributed by atoms with Gasteiger partial charge in [0.15, 0.2) is 0 Å². The fraction of sp³-hybridized carbons (Fsp3) is 0.650. The van der Waals surface area contributed by atoms with Crippen molar-refractivity contribution in [2.75, 3.05) is 26.2 Å². The molecule has 132 valence electrons. The molecule has 0 bridgehead atoms. The van der Waals surface area contributed by atoms with Crippen LogP contribution >= 0.6 is 0 Å². The summed E-state index contributed by atoms with van der Waals surface area (Å²) in [5.41, 5.74) is 1.10. The van der Waals surface area contributed by atoms with Gasteiger partial charge >= 0.3 is 0 Å². The van der Waals surface area contributed by atoms with Crippen molar-refractivity contribution >= 4 is 5.91 Å². The van der Waals surface area contributed by atoms with E-state index in [4.69, 9.17) is 4.74 Å². The number of carbonyl (C=O) groups excluding carboxylic acids is 1. The largest absolute Gasteiger partial charge is 0.367 e. The molecule has 0 radical (unpaired) electrons. The van der Waals surface area contributed by atoms with Crippen LogP contribution in [-0.4, -0.2) is 43.1 Å². The predicted octanol–water partition coefficient (Wildman–Crippen LogP) is 2.97. The second-order valence-corrected chi connectivity index (χ2v) is 7.27. The third kappa shape index (κ3) is 5.60. The normalized spacial score (nSPS) is 20.3. The van der Waals surface area contributed by atoms with E-state index in [1.807, 2.05) is 30.3 Å². The van der Waals surface area contributed by atoms with Gasteiger partial charge in [-0.3, -0.25) is 4.79 Å². The molecule has 0 aromatic heterocycles. The number of likely N-dealkylation sites (tertiary alicyclic amines) is 1. The van der Waals surface area contributed by atoms with Crippen LogP contribution in [-0.2, 0) is 16.1 Å². The van der Waals surface area contributed by atoms with Crippen LogP contribution in [0.15, 0.2) is 30.3 Å². The number of nitrogens with zero attached hydrogens (tertiary/aromatic N) is 1. The lowest BCUT2D eigenvalue weighted by molar-refractivity contribution is -0.127. The first-order chi connectivity index (χ1) is 11.8. The van der Waals surface area contributed by atoms with Crippen molar-refractivity contribution in [3.05, 3.63) is 35.9 Å². The molecular formula is C20H30N2O2. The van der Waals surface area contributed by atoms with Crippen LogP contribution < -0.4 is 5.32 Å². The lowest BCUT2D eigenvalue weighted by Crippen LogP contribution is -2.46. The van der Waals surface area contributed by atoms with Crippen LogP contribution in [0.2, 0.25) is 0 Å². The van der Waals surface area contributed by atoms with Gasteiger partial charge in [-0.25, -0.2) is 0 Å². The molecule has 4 heteroatoms. The standard InChI is InChI=1S/C20H30N2O2/c23-20(16-24-15-18-8-2-1-3-9-18)21-19-10-12-22(13-11-19)14-17-6-4-5-7-17/h1-3,8-9,17,19H,4-7,10-16H2,(H,21,23). The summed E-state index contributed by atoms with van der Waals surface area (Å²) in [6.07, 6.45) is 7.79. The molecule has 0 atom stereocenters. The highest BCUT2D eigenvalue weighted by molar-refractivity contribution is 5.77. The molecule has 1 saturated carbocycles. The Morgan fingerprint density at radius 2 is 1.79 bits per heavy atom. The van der Waals surface area contributed by atoms with E-state index in [9.17, 15) is 4.79 Å². The number of amides is 1. The third-order valence-electron chi connectivity index (χ3n) is 5.29. The average Bonchev–Trinajstić information content (AvgIpc) is 3.11. The van der Waals surface area contributed by atoms with Crippen molar-refractivity contribution in [3.8, 4) is 0 Å². The number of hydrogen-bond donors (Lipinski definition) is 1. The van der Waals surface area contributed by atoms with Crippen LogP contribution in [0.4, 0.5) is 0 Å². The Labute approximate surface area is 145 Å². The minimum absolute atomic E-state index is 0.0141. The number of rotatable bonds is 7. The Hall–Kier alpha value is -1.39. The zero-order valence-corrected chi connectivity index (χ0v) is 14.6. The number of benzene rings is 1. The third-order valence-corrected chi connectivity index (χ3v) is 5.29. The van der Waals surface area contributed by atoms with Gasteiger partial charge in [0.2, 0.25) is 5.91 Å². The molecule has 1 heterocycles. The minimum Gasteiger partial charge on any atom is -0.367 e. The van der Waals surface area contributed by atoms with E-state index in [-0.39, 0.29) is 12.5 Å². The Balaban J connectivity index is 1.28. The van der Waals surface area contributed by atoms with Gasteiger partial charge in [-0.1, -0.05) is 43.2 Å². The summed E-state index contributed by atoms with van der Waals surface area (Å²) < 4.78 is 5.51. The molecule has 1 amide bonds. The highest BCUT2D eigenvalue weighted by Gasteiger charge is 2.24. The summed E-state index contributed by atoms with van der Waals surface area (Å²) in [6.45, 7) is 4.14. The number of piperidine rings is 1. The van der Waals surface area contributed by atoms with Crippen molar-refractivity contribution in [1.82, 2.24) is 10.2 Å². The molecule has 24 heavy (non-hydrogen) atoms. The van der Waals surface area contributed by atoms with E-state index >= 15 is 0 Å². The highest BCUT2D eigenvalue weighted by Crippen LogP contribution is 2.26. The number of hydrogen-bond acceptors (Lipinski definition) is 3. The molecule has 1 saturated heterocycles. The van der Waals surface area contributed by atoms with E-state index in [0.29, 0.717) is 12.6 Å². The first kappa shape index (κ1) is 17.4. The molecule has 0 unspecified atom stereocenters. The van der Waals surface area contributed by atoms with Gasteiger partial charge in [0.05, 0.1) is 6.61 Å². The fourth-order valence-corrected chi connectivity index (χ4v) is 3.92. The topological polar surface area (TPSA) is 41.6 Å². The smallest absolute Gasteiger partial charge is 0.246 e. The second-order valence-electron chi connectivity index (χ2n) is 7.27. The van der Waals surface area contributed by atoms with Crippen molar-refractivity contribution in [3.63, 3.8) is 0 Å². The van der Waals surface area contributed by atoms with E-state index in [1.54, 1.807) is 0 Å². The van der Waals surface area contributed by atoms with E-state index in [0.717, 1.165) is 37.4 Å². The summed E-state index contributed by atoms with van der Waals surface area (Å²) in [5.74, 6) is 0.933. The Kier molecular flexibility index (Phi) is 6.67. The maximum atomic E-state index is 12.0. The number of ether oxygens (including phenoxy) is 1. The van der Waals surface area contributed by atoms with Gasteiger partial charge in [-0.2, -0.15) is 0 Å². The molecule has 2 aliphatic rings. The summed E-state index contributed by atoms with van der Waals surface area (Å²) in [6, 6.07) is 10.3. The SMILES string of the molecule is O=C(COCc1ccccc1)NC1CCN(CC2CCCC2)CC1. The van der Waals surface area contributed by atoms with Crippen LogP contribution in [0.1, 0.15) is 44.1 Å². The summed E-state index contributed by atoms with van der Waals surface area (Å²) in [5, 5.41) is 3.13. The summed E-state index contributed by atoms with van der Waals surface area (Å²) >= 11 is 0. The molecule has 1 N–H and O–H groups in total. The maximum Gasteiger partial charge on any atom is 0.246 e. The number of nitrogens with one attached hydrogen (secondary N) is 1. The predicted molar refractivity (Wildman–Crippen MR) is 95.7 cm³/mol. The quantitative estimate of drug-likeness (QED) is 0.836. The lowest BCUT2D eigenvalue weighted by Gasteiger charge is -2.33. The second kappa shape index (κ2) is 9.19.